The van der Waals surface area contributed by atoms with E-state index >= 15 is 0 Å². The molecule has 122 valence electrons. The predicted molar refractivity (Wildman–Crippen MR) is 103 cm³/mol. The lowest BCUT2D eigenvalue weighted by Crippen LogP contribution is -2.31. The minimum Gasteiger partial charge on any atom is -0.340 e. The maximum Gasteiger partial charge on any atom is 0.222 e. The Morgan fingerprint density at radius 2 is 1.00 bits per heavy atom. The molecule has 1 aliphatic rings. The van der Waals surface area contributed by atoms with Gasteiger partial charge in [-0.1, -0.05) is 85.1 Å². The van der Waals surface area contributed by atoms with E-state index in [0.717, 1.165) is 11.1 Å². The van der Waals surface area contributed by atoms with E-state index in [0.29, 0.717) is 13.2 Å². The molecule has 3 rings (SSSR count). The molecule has 0 aromatic heterocycles. The standard InChI is InChI=1S/C19H26O2Si2/c1-22(2)17-9-5-15(6-10-17)19(20-13-14-21-19)16-7-11-18(12-8-16)23(3)4/h5-12,22-23H,13-14H2,1-4H3. The van der Waals surface area contributed by atoms with E-state index in [1.54, 1.807) is 0 Å². The average molecular weight is 343 g/mol. The Balaban J connectivity index is 1.99. The molecule has 1 saturated heterocycles. The minimum atomic E-state index is -0.775. The Hall–Kier alpha value is -1.21. The zero-order chi connectivity index (χ0) is 16.4. The summed E-state index contributed by atoms with van der Waals surface area (Å²) >= 11 is 0. The molecule has 0 amide bonds. The van der Waals surface area contributed by atoms with Gasteiger partial charge in [-0.05, 0) is 0 Å². The molecular weight excluding hydrogens is 316 g/mol. The van der Waals surface area contributed by atoms with E-state index in [-0.39, 0.29) is 0 Å². The van der Waals surface area contributed by atoms with Crippen molar-refractivity contribution in [3.63, 3.8) is 0 Å². The van der Waals surface area contributed by atoms with Crippen LogP contribution in [0.25, 0.3) is 0 Å². The monoisotopic (exact) mass is 342 g/mol. The first-order valence-electron chi connectivity index (χ1n) is 8.52. The molecule has 0 saturated carbocycles. The van der Waals surface area contributed by atoms with Crippen molar-refractivity contribution in [2.24, 2.45) is 0 Å². The van der Waals surface area contributed by atoms with Crippen molar-refractivity contribution in [1.82, 2.24) is 0 Å². The summed E-state index contributed by atoms with van der Waals surface area (Å²) in [4.78, 5) is 0. The molecule has 23 heavy (non-hydrogen) atoms. The van der Waals surface area contributed by atoms with Crippen molar-refractivity contribution in [2.45, 2.75) is 32.0 Å². The van der Waals surface area contributed by atoms with E-state index in [1.165, 1.54) is 10.4 Å². The molecule has 0 aliphatic carbocycles. The van der Waals surface area contributed by atoms with E-state index in [4.69, 9.17) is 9.47 Å². The lowest BCUT2D eigenvalue weighted by atomic mass is 9.97. The fraction of sp³-hybridized carbons (Fsp3) is 0.368. The second kappa shape index (κ2) is 6.73. The van der Waals surface area contributed by atoms with Gasteiger partial charge in [-0.25, -0.2) is 0 Å². The Kier molecular flexibility index (Phi) is 4.87. The lowest BCUT2D eigenvalue weighted by Gasteiger charge is -2.29. The maximum absolute atomic E-state index is 6.11. The Morgan fingerprint density at radius 3 is 1.30 bits per heavy atom. The van der Waals surface area contributed by atoms with Crippen LogP contribution in [0.1, 0.15) is 11.1 Å². The van der Waals surface area contributed by atoms with Crippen molar-refractivity contribution in [1.29, 1.82) is 0 Å². The van der Waals surface area contributed by atoms with Gasteiger partial charge in [0.05, 0.1) is 30.8 Å². The number of rotatable bonds is 4. The van der Waals surface area contributed by atoms with Crippen molar-refractivity contribution < 1.29 is 9.47 Å². The zero-order valence-corrected chi connectivity index (χ0v) is 16.8. The van der Waals surface area contributed by atoms with Gasteiger partial charge in [0.15, 0.2) is 0 Å². The number of ether oxygens (including phenoxy) is 2. The fourth-order valence-electron chi connectivity index (χ4n) is 3.09. The van der Waals surface area contributed by atoms with E-state index < -0.39 is 23.4 Å². The van der Waals surface area contributed by atoms with Gasteiger partial charge in [0, 0.05) is 11.1 Å². The molecule has 2 nitrogen and oxygen atoms in total. The quantitative estimate of drug-likeness (QED) is 0.794. The van der Waals surface area contributed by atoms with Crippen LogP contribution >= 0.6 is 0 Å². The second-order valence-corrected chi connectivity index (χ2v) is 12.8. The van der Waals surface area contributed by atoms with E-state index in [2.05, 4.69) is 74.7 Å². The Bertz CT molecular complexity index is 589. The van der Waals surface area contributed by atoms with Gasteiger partial charge >= 0.3 is 0 Å². The number of benzene rings is 2. The molecule has 0 unspecified atom stereocenters. The second-order valence-electron chi connectivity index (χ2n) is 6.87. The summed E-state index contributed by atoms with van der Waals surface area (Å²) in [6, 6.07) is 17.7. The molecule has 0 radical (unpaired) electrons. The van der Waals surface area contributed by atoms with Crippen molar-refractivity contribution in [3.05, 3.63) is 59.7 Å². The van der Waals surface area contributed by atoms with Crippen LogP contribution in [-0.2, 0) is 15.3 Å². The number of hydrogen-bond acceptors (Lipinski definition) is 2. The molecule has 0 spiro atoms. The van der Waals surface area contributed by atoms with Gasteiger partial charge in [0.25, 0.3) is 0 Å². The molecule has 0 atom stereocenters. The van der Waals surface area contributed by atoms with E-state index in [1.807, 2.05) is 0 Å². The van der Waals surface area contributed by atoms with Gasteiger partial charge in [-0.15, -0.1) is 0 Å². The highest BCUT2D eigenvalue weighted by Crippen LogP contribution is 2.37. The van der Waals surface area contributed by atoms with Gasteiger partial charge in [-0.2, -0.15) is 0 Å². The highest BCUT2D eigenvalue weighted by molar-refractivity contribution is 6.71. The summed E-state index contributed by atoms with van der Waals surface area (Å²) in [7, 11) is -1.55. The molecule has 0 N–H and O–H groups in total. The fourth-order valence-corrected chi connectivity index (χ4v) is 5.01. The van der Waals surface area contributed by atoms with Crippen molar-refractivity contribution in [3.8, 4) is 0 Å². The normalized spacial score (nSPS) is 17.1. The third-order valence-electron chi connectivity index (χ3n) is 4.61. The van der Waals surface area contributed by atoms with Crippen LogP contribution < -0.4 is 10.4 Å². The van der Waals surface area contributed by atoms with Crippen LogP contribution in [0.3, 0.4) is 0 Å². The molecule has 1 aliphatic heterocycles. The topological polar surface area (TPSA) is 18.5 Å². The summed E-state index contributed by atoms with van der Waals surface area (Å²) in [5.74, 6) is -0.728. The smallest absolute Gasteiger partial charge is 0.222 e. The zero-order valence-electron chi connectivity index (χ0n) is 14.5. The summed E-state index contributed by atoms with van der Waals surface area (Å²) in [6.45, 7) is 10.7. The SMILES string of the molecule is C[SiH](C)c1ccc(C2(c3ccc([SiH](C)C)cc3)OCCO2)cc1. The lowest BCUT2D eigenvalue weighted by molar-refractivity contribution is -0.129. The highest BCUT2D eigenvalue weighted by Gasteiger charge is 2.40. The third kappa shape index (κ3) is 3.22. The van der Waals surface area contributed by atoms with Gasteiger partial charge in [0.2, 0.25) is 5.79 Å². The van der Waals surface area contributed by atoms with Crippen LogP contribution in [-0.4, -0.2) is 30.8 Å². The molecule has 1 fully saturated rings. The van der Waals surface area contributed by atoms with Crippen LogP contribution in [0.2, 0.25) is 26.2 Å². The summed E-state index contributed by atoms with van der Waals surface area (Å²) in [6.07, 6.45) is 0. The van der Waals surface area contributed by atoms with Gasteiger partial charge < -0.3 is 9.47 Å². The van der Waals surface area contributed by atoms with Crippen molar-refractivity contribution in [2.75, 3.05) is 13.2 Å². The molecule has 2 aromatic rings. The summed E-state index contributed by atoms with van der Waals surface area (Å²) < 4.78 is 12.2. The Labute approximate surface area is 142 Å². The van der Waals surface area contributed by atoms with Crippen LogP contribution in [0.5, 0.6) is 0 Å². The first kappa shape index (κ1) is 16.6. The van der Waals surface area contributed by atoms with Crippen molar-refractivity contribution >= 4 is 28.0 Å². The average Bonchev–Trinajstić information content (AvgIpc) is 3.06. The summed E-state index contributed by atoms with van der Waals surface area (Å²) in [5, 5.41) is 2.95. The van der Waals surface area contributed by atoms with E-state index in [9.17, 15) is 0 Å². The Morgan fingerprint density at radius 1 is 0.652 bits per heavy atom. The first-order chi connectivity index (χ1) is 11.0. The van der Waals surface area contributed by atoms with Crippen LogP contribution in [0.15, 0.2) is 48.5 Å². The van der Waals surface area contributed by atoms with Crippen LogP contribution in [0.4, 0.5) is 0 Å². The molecule has 4 heteroatoms. The summed E-state index contributed by atoms with van der Waals surface area (Å²) in [5.41, 5.74) is 2.20. The van der Waals surface area contributed by atoms with Gasteiger partial charge in [0.1, 0.15) is 0 Å². The third-order valence-corrected chi connectivity index (χ3v) is 8.05. The molecular formula is C19H26O2Si2. The highest BCUT2D eigenvalue weighted by atomic mass is 28.3. The maximum atomic E-state index is 6.11. The number of hydrogen-bond donors (Lipinski definition) is 0. The van der Waals surface area contributed by atoms with Gasteiger partial charge in [-0.3, -0.25) is 0 Å². The molecule has 0 bridgehead atoms. The largest absolute Gasteiger partial charge is 0.340 e. The predicted octanol–water partition coefficient (Wildman–Crippen LogP) is 2.32. The first-order valence-corrected chi connectivity index (χ1v) is 14.3. The van der Waals surface area contributed by atoms with Crippen LogP contribution in [0, 0.1) is 0 Å². The minimum absolute atomic E-state index is 0.640. The molecule has 2 aromatic carbocycles. The molecule has 1 heterocycles.